The van der Waals surface area contributed by atoms with Gasteiger partial charge in [-0.15, -0.1) is 0 Å². The molecule has 1 aliphatic rings. The Balaban J connectivity index is 2.01. The second-order valence-electron chi connectivity index (χ2n) is 8.43. The lowest BCUT2D eigenvalue weighted by Gasteiger charge is -2.23. The van der Waals surface area contributed by atoms with Crippen molar-refractivity contribution in [1.82, 2.24) is 0 Å². The van der Waals surface area contributed by atoms with Gasteiger partial charge in [-0.25, -0.2) is 4.79 Å². The van der Waals surface area contributed by atoms with E-state index in [4.69, 9.17) is 14.2 Å². The second-order valence-corrected chi connectivity index (χ2v) is 8.43. The lowest BCUT2D eigenvalue weighted by atomic mass is 9.92. The summed E-state index contributed by atoms with van der Waals surface area (Å²) in [6, 6.07) is 7.71. The standard InChI is InChI=1S/C25H36O5/c1-18-6-5-7-25(27)30-24(20(3)9-8-19(2)15-22(26)14-18)17-29-16-21-10-12-23(28-4)13-11-21/h5,7-13,18-20,22,24,26H,6,14-17H2,1-4H3/b7-5-,9-8+/t18-,19+,20+,22-,24-/m0/s1. The molecular weight excluding hydrogens is 380 g/mol. The lowest BCUT2D eigenvalue weighted by molar-refractivity contribution is -0.148. The summed E-state index contributed by atoms with van der Waals surface area (Å²) in [5.74, 6) is 1.01. The number of esters is 1. The summed E-state index contributed by atoms with van der Waals surface area (Å²) in [6.07, 6.45) is 8.98. The zero-order chi connectivity index (χ0) is 21.9. The van der Waals surface area contributed by atoms with Crippen molar-refractivity contribution in [2.45, 2.75) is 58.8 Å². The summed E-state index contributed by atoms with van der Waals surface area (Å²) in [5, 5.41) is 10.3. The van der Waals surface area contributed by atoms with Gasteiger partial charge in [0.15, 0.2) is 0 Å². The van der Waals surface area contributed by atoms with Crippen LogP contribution < -0.4 is 4.74 Å². The minimum Gasteiger partial charge on any atom is -0.497 e. The van der Waals surface area contributed by atoms with Crippen molar-refractivity contribution in [1.29, 1.82) is 0 Å². The number of aliphatic hydroxyl groups excluding tert-OH is 1. The molecule has 0 saturated heterocycles. The third-order valence-electron chi connectivity index (χ3n) is 5.42. The molecule has 5 atom stereocenters. The monoisotopic (exact) mass is 416 g/mol. The van der Waals surface area contributed by atoms with Gasteiger partial charge in [0, 0.05) is 12.0 Å². The van der Waals surface area contributed by atoms with E-state index >= 15 is 0 Å². The van der Waals surface area contributed by atoms with Crippen LogP contribution in [-0.4, -0.2) is 37.0 Å². The highest BCUT2D eigenvalue weighted by molar-refractivity contribution is 5.82. The fourth-order valence-electron chi connectivity index (χ4n) is 3.55. The van der Waals surface area contributed by atoms with Gasteiger partial charge in [0.25, 0.3) is 0 Å². The van der Waals surface area contributed by atoms with Crippen LogP contribution in [0.15, 0.2) is 48.6 Å². The summed E-state index contributed by atoms with van der Waals surface area (Å²) < 4.78 is 16.7. The highest BCUT2D eigenvalue weighted by Gasteiger charge is 2.21. The minimum absolute atomic E-state index is 0.000301. The topological polar surface area (TPSA) is 65.0 Å². The van der Waals surface area contributed by atoms with Crippen molar-refractivity contribution >= 4 is 5.97 Å². The van der Waals surface area contributed by atoms with Crippen LogP contribution in [0.2, 0.25) is 0 Å². The van der Waals surface area contributed by atoms with Gasteiger partial charge < -0.3 is 19.3 Å². The SMILES string of the molecule is COc1ccc(COC[C@@H]2OC(=O)/C=C\C[C@H](C)C[C@H](O)C[C@H](C)/C=C/[C@H]2C)cc1. The van der Waals surface area contributed by atoms with E-state index in [1.54, 1.807) is 7.11 Å². The van der Waals surface area contributed by atoms with Crippen LogP contribution >= 0.6 is 0 Å². The molecule has 30 heavy (non-hydrogen) atoms. The third kappa shape index (κ3) is 8.72. The van der Waals surface area contributed by atoms with E-state index in [-0.39, 0.29) is 30.0 Å². The average molecular weight is 417 g/mol. The Bertz CT molecular complexity index is 694. The molecule has 1 aliphatic heterocycles. The maximum Gasteiger partial charge on any atom is 0.330 e. The largest absolute Gasteiger partial charge is 0.497 e. The molecular formula is C25H36O5. The van der Waals surface area contributed by atoms with E-state index < -0.39 is 0 Å². The van der Waals surface area contributed by atoms with Gasteiger partial charge in [-0.2, -0.15) is 0 Å². The maximum atomic E-state index is 12.3. The number of carbonyl (C=O) groups excluding carboxylic acids is 1. The molecule has 0 aliphatic carbocycles. The molecule has 5 heteroatoms. The van der Waals surface area contributed by atoms with Crippen molar-refractivity contribution in [3.63, 3.8) is 0 Å². The van der Waals surface area contributed by atoms with Crippen LogP contribution in [0.5, 0.6) is 5.75 Å². The number of allylic oxidation sites excluding steroid dienone is 2. The van der Waals surface area contributed by atoms with Gasteiger partial charge in [0.05, 0.1) is 26.4 Å². The lowest BCUT2D eigenvalue weighted by Crippen LogP contribution is -2.29. The number of rotatable bonds is 5. The van der Waals surface area contributed by atoms with Crippen LogP contribution in [0, 0.1) is 17.8 Å². The number of aliphatic hydroxyl groups is 1. The molecule has 1 aromatic carbocycles. The first-order valence-corrected chi connectivity index (χ1v) is 10.8. The summed E-state index contributed by atoms with van der Waals surface area (Å²) >= 11 is 0. The Morgan fingerprint density at radius 3 is 2.53 bits per heavy atom. The smallest absolute Gasteiger partial charge is 0.330 e. The van der Waals surface area contributed by atoms with Crippen LogP contribution in [0.4, 0.5) is 0 Å². The molecule has 2 rings (SSSR count). The maximum absolute atomic E-state index is 12.3. The molecule has 0 fully saturated rings. The fraction of sp³-hybridized carbons (Fsp3) is 0.560. The van der Waals surface area contributed by atoms with Crippen LogP contribution in [0.3, 0.4) is 0 Å². The quantitative estimate of drug-likeness (QED) is 0.557. The minimum atomic E-state index is -0.380. The van der Waals surface area contributed by atoms with Gasteiger partial charge in [0.2, 0.25) is 0 Å². The summed E-state index contributed by atoms with van der Waals surface area (Å²) in [6.45, 7) is 6.95. The first kappa shape index (κ1) is 24.2. The van der Waals surface area contributed by atoms with Crippen molar-refractivity contribution in [2.75, 3.05) is 13.7 Å². The normalized spacial score (nSPS) is 30.7. The number of ether oxygens (including phenoxy) is 3. The van der Waals surface area contributed by atoms with Gasteiger partial charge in [0.1, 0.15) is 11.9 Å². The van der Waals surface area contributed by atoms with Crippen molar-refractivity contribution in [3.05, 3.63) is 54.1 Å². The van der Waals surface area contributed by atoms with E-state index in [9.17, 15) is 9.90 Å². The van der Waals surface area contributed by atoms with Crippen LogP contribution in [0.25, 0.3) is 0 Å². The highest BCUT2D eigenvalue weighted by atomic mass is 16.6. The predicted octanol–water partition coefficient (Wildman–Crippen LogP) is 4.69. The molecule has 1 N–H and O–H groups in total. The first-order chi connectivity index (χ1) is 14.4. The zero-order valence-electron chi connectivity index (χ0n) is 18.6. The van der Waals surface area contributed by atoms with E-state index in [2.05, 4.69) is 26.0 Å². The molecule has 166 valence electrons. The Labute approximate surface area is 180 Å². The number of cyclic esters (lactones) is 1. The molecule has 0 radical (unpaired) electrons. The Morgan fingerprint density at radius 2 is 1.83 bits per heavy atom. The predicted molar refractivity (Wildman–Crippen MR) is 118 cm³/mol. The summed E-state index contributed by atoms with van der Waals surface area (Å²) in [4.78, 5) is 12.3. The van der Waals surface area contributed by atoms with Gasteiger partial charge >= 0.3 is 5.97 Å². The van der Waals surface area contributed by atoms with E-state index in [0.717, 1.165) is 30.6 Å². The molecule has 5 nitrogen and oxygen atoms in total. The summed E-state index contributed by atoms with van der Waals surface area (Å²) in [7, 11) is 1.64. The molecule has 0 unspecified atom stereocenters. The molecule has 0 spiro atoms. The van der Waals surface area contributed by atoms with Crippen LogP contribution in [-0.2, 0) is 20.9 Å². The Hall–Kier alpha value is -2.11. The van der Waals surface area contributed by atoms with Crippen LogP contribution in [0.1, 0.15) is 45.6 Å². The number of methoxy groups -OCH3 is 1. The Kier molecular flexibility index (Phi) is 10.1. The van der Waals surface area contributed by atoms with Gasteiger partial charge in [-0.3, -0.25) is 0 Å². The molecule has 0 saturated carbocycles. The number of carbonyl (C=O) groups is 1. The number of hydrogen-bond acceptors (Lipinski definition) is 5. The third-order valence-corrected chi connectivity index (χ3v) is 5.42. The molecule has 1 aromatic rings. The number of hydrogen-bond donors (Lipinski definition) is 1. The molecule has 0 aromatic heterocycles. The van der Waals surface area contributed by atoms with Gasteiger partial charge in [-0.1, -0.05) is 51.1 Å². The second kappa shape index (κ2) is 12.6. The zero-order valence-corrected chi connectivity index (χ0v) is 18.6. The number of benzene rings is 1. The van der Waals surface area contributed by atoms with E-state index in [1.807, 2.05) is 37.3 Å². The molecule has 1 heterocycles. The van der Waals surface area contributed by atoms with Crippen molar-refractivity contribution in [3.8, 4) is 5.75 Å². The first-order valence-electron chi connectivity index (χ1n) is 10.8. The molecule has 0 amide bonds. The van der Waals surface area contributed by atoms with Crippen molar-refractivity contribution in [2.24, 2.45) is 17.8 Å². The average Bonchev–Trinajstić information content (AvgIpc) is 2.71. The van der Waals surface area contributed by atoms with E-state index in [1.165, 1.54) is 6.08 Å². The van der Waals surface area contributed by atoms with Gasteiger partial charge in [-0.05, 0) is 48.8 Å². The highest BCUT2D eigenvalue weighted by Crippen LogP contribution is 2.20. The van der Waals surface area contributed by atoms with E-state index in [0.29, 0.717) is 19.1 Å². The fourth-order valence-corrected chi connectivity index (χ4v) is 3.55. The summed E-state index contributed by atoms with van der Waals surface area (Å²) in [5.41, 5.74) is 1.03. The van der Waals surface area contributed by atoms with Crippen molar-refractivity contribution < 1.29 is 24.1 Å². The Morgan fingerprint density at radius 1 is 1.10 bits per heavy atom. The molecule has 0 bridgehead atoms.